The molecule has 12 heteroatoms. The fourth-order valence-corrected chi connectivity index (χ4v) is 6.35. The maximum Gasteiger partial charge on any atom is 0.441 e. The van der Waals surface area contributed by atoms with Crippen molar-refractivity contribution < 1.29 is 25.5 Å². The van der Waals surface area contributed by atoms with Crippen molar-refractivity contribution in [2.24, 2.45) is 13.5 Å². The van der Waals surface area contributed by atoms with Crippen LogP contribution in [0.15, 0.2) is 50.1 Å². The first-order valence-electron chi connectivity index (χ1n) is 5.00. The minimum absolute atomic E-state index is 0.573. The van der Waals surface area contributed by atoms with Crippen molar-refractivity contribution in [2.45, 2.75) is 0 Å². The Labute approximate surface area is 111 Å². The van der Waals surface area contributed by atoms with Crippen molar-refractivity contribution in [3.63, 3.8) is 0 Å². The van der Waals surface area contributed by atoms with Gasteiger partial charge in [-0.05, 0) is 11.6 Å². The molecule has 0 saturated carbocycles. The van der Waals surface area contributed by atoms with Gasteiger partial charge in [0.25, 0.3) is 0 Å². The Morgan fingerprint density at radius 3 is 2.05 bits per heavy atom. The summed E-state index contributed by atoms with van der Waals surface area (Å²) in [6, 6.07) is 8.32. The first-order chi connectivity index (χ1) is 9.20. The maximum atomic E-state index is 13.8. The van der Waals surface area contributed by atoms with Gasteiger partial charge in [-0.15, -0.1) is 34.5 Å². The summed E-state index contributed by atoms with van der Waals surface area (Å²) >= 11 is 0. The summed E-state index contributed by atoms with van der Waals surface area (Å²) in [5.41, 5.74) is 0.573. The highest BCUT2D eigenvalue weighted by molar-refractivity contribution is 7.77. The minimum atomic E-state index is -5.72. The molecule has 110 valence electrons. The van der Waals surface area contributed by atoms with Gasteiger partial charge in [-0.25, -0.2) is 0 Å². The fraction of sp³-hybridized carbons (Fsp3) is 0. The van der Waals surface area contributed by atoms with Gasteiger partial charge in [-0.3, -0.25) is 0 Å². The van der Waals surface area contributed by atoms with Crippen LogP contribution in [0.3, 0.4) is 0 Å². The van der Waals surface area contributed by atoms with E-state index in [1.54, 1.807) is 30.3 Å². The molecule has 0 aromatic heterocycles. The lowest BCUT2D eigenvalue weighted by molar-refractivity contribution is 0.485. The molecular weight excluding hydrogens is 342 g/mol. The third-order valence-corrected chi connectivity index (χ3v) is 7.50. The van der Waals surface area contributed by atoms with Crippen LogP contribution in [-0.4, -0.2) is 0 Å². The molecule has 0 spiro atoms. The van der Waals surface area contributed by atoms with E-state index in [1.165, 1.54) is 6.08 Å². The lowest BCUT2D eigenvalue weighted by Crippen LogP contribution is -1.78. The lowest BCUT2D eigenvalue weighted by Gasteiger charge is -2.14. The van der Waals surface area contributed by atoms with E-state index in [9.17, 15) is 21.0 Å². The molecule has 0 amide bonds. The quantitative estimate of drug-likeness (QED) is 0.319. The Balaban J connectivity index is 2.26. The third kappa shape index (κ3) is 4.30. The second-order valence-corrected chi connectivity index (χ2v) is 8.60. The van der Waals surface area contributed by atoms with Crippen LogP contribution in [0.4, 0.5) is 21.0 Å². The van der Waals surface area contributed by atoms with Gasteiger partial charge in [0.2, 0.25) is 0 Å². The molecule has 1 atom stereocenters. The van der Waals surface area contributed by atoms with Crippen molar-refractivity contribution >= 4 is 29.5 Å². The molecule has 0 N–H and O–H groups in total. The van der Waals surface area contributed by atoms with Gasteiger partial charge >= 0.3 is 23.4 Å². The Kier molecular flexibility index (Phi) is 4.24. The van der Waals surface area contributed by atoms with E-state index in [0.717, 1.165) is 0 Å². The SMILES string of the molecule is FP1(F)=NP(F)(F)=NP(F)(O/C=C/c2ccccc2)=N1. The molecule has 1 heterocycles. The second kappa shape index (κ2) is 5.47. The molecule has 1 aromatic rings. The average molecular weight is 349 g/mol. The Morgan fingerprint density at radius 1 is 0.850 bits per heavy atom. The van der Waals surface area contributed by atoms with Crippen LogP contribution in [0.2, 0.25) is 0 Å². The highest BCUT2D eigenvalue weighted by atomic mass is 31.3. The largest absolute Gasteiger partial charge is 0.441 e. The summed E-state index contributed by atoms with van der Waals surface area (Å²) in [6.07, 6.45) is 1.92. The molecule has 0 radical (unpaired) electrons. The normalized spacial score (nSPS) is 27.2. The van der Waals surface area contributed by atoms with Gasteiger partial charge in [-0.2, -0.15) is 0 Å². The van der Waals surface area contributed by atoms with Crippen molar-refractivity contribution in [1.29, 1.82) is 0 Å². The van der Waals surface area contributed by atoms with Crippen LogP contribution in [0, 0.1) is 0 Å². The van der Waals surface area contributed by atoms with Crippen molar-refractivity contribution in [3.05, 3.63) is 42.2 Å². The molecule has 0 aliphatic carbocycles. The van der Waals surface area contributed by atoms with E-state index in [2.05, 4.69) is 13.6 Å². The molecule has 0 bridgehead atoms. The van der Waals surface area contributed by atoms with E-state index in [4.69, 9.17) is 0 Å². The molecule has 0 saturated heterocycles. The number of hydrogen-bond acceptors (Lipinski definition) is 4. The summed E-state index contributed by atoms with van der Waals surface area (Å²) in [6.45, 7) is 0. The van der Waals surface area contributed by atoms with E-state index in [-0.39, 0.29) is 0 Å². The van der Waals surface area contributed by atoms with Crippen LogP contribution < -0.4 is 0 Å². The van der Waals surface area contributed by atoms with E-state index in [1.807, 2.05) is 4.52 Å². The second-order valence-electron chi connectivity index (χ2n) is 3.47. The summed E-state index contributed by atoms with van der Waals surface area (Å²) < 4.78 is 76.3. The Hall–Kier alpha value is -0.900. The zero-order valence-corrected chi connectivity index (χ0v) is 12.2. The van der Waals surface area contributed by atoms with Crippen LogP contribution in [0.5, 0.6) is 0 Å². The lowest BCUT2D eigenvalue weighted by atomic mass is 10.2. The van der Waals surface area contributed by atoms with Crippen LogP contribution >= 0.6 is 23.4 Å². The molecule has 0 fully saturated rings. The Bertz CT molecular complexity index is 685. The predicted molar refractivity (Wildman–Crippen MR) is 70.1 cm³/mol. The number of nitrogens with zero attached hydrogens (tertiary/aromatic N) is 3. The van der Waals surface area contributed by atoms with Gasteiger partial charge in [0.15, 0.2) is 0 Å². The molecule has 1 aliphatic heterocycles. The molecule has 20 heavy (non-hydrogen) atoms. The van der Waals surface area contributed by atoms with E-state index < -0.39 is 23.4 Å². The number of rotatable bonds is 3. The highest BCUT2D eigenvalue weighted by Gasteiger charge is 2.40. The smallest absolute Gasteiger partial charge is 0.427 e. The zero-order chi connectivity index (χ0) is 14.9. The van der Waals surface area contributed by atoms with Crippen LogP contribution in [0.1, 0.15) is 5.56 Å². The predicted octanol–water partition coefficient (Wildman–Crippen LogP) is 7.37. The van der Waals surface area contributed by atoms with Crippen LogP contribution in [0.25, 0.3) is 6.08 Å². The van der Waals surface area contributed by atoms with E-state index >= 15 is 0 Å². The third-order valence-electron chi connectivity index (χ3n) is 1.91. The number of hydrogen-bond donors (Lipinski definition) is 0. The zero-order valence-electron chi connectivity index (χ0n) is 9.52. The summed E-state index contributed by atoms with van der Waals surface area (Å²) in [5, 5.41) is 0. The number of benzene rings is 1. The van der Waals surface area contributed by atoms with Crippen LogP contribution in [-0.2, 0) is 4.52 Å². The molecule has 1 aromatic carbocycles. The topological polar surface area (TPSA) is 46.3 Å². The van der Waals surface area contributed by atoms with Crippen molar-refractivity contribution in [3.8, 4) is 0 Å². The molecule has 1 aliphatic rings. The first-order valence-corrected chi connectivity index (χ1v) is 9.45. The van der Waals surface area contributed by atoms with Crippen molar-refractivity contribution in [2.75, 3.05) is 0 Å². The van der Waals surface area contributed by atoms with Crippen molar-refractivity contribution in [1.82, 2.24) is 0 Å². The van der Waals surface area contributed by atoms with Gasteiger partial charge in [-0.1, -0.05) is 30.3 Å². The van der Waals surface area contributed by atoms with Gasteiger partial charge in [0.1, 0.15) is 0 Å². The average Bonchev–Trinajstić information content (AvgIpc) is 2.25. The molecule has 2 rings (SSSR count). The number of halogens is 5. The first kappa shape index (κ1) is 15.5. The minimum Gasteiger partial charge on any atom is -0.427 e. The van der Waals surface area contributed by atoms with Gasteiger partial charge < -0.3 is 4.52 Å². The highest BCUT2D eigenvalue weighted by Crippen LogP contribution is 2.81. The standard InChI is InChI=1S/C8H7F5N3OP3/c9-18(10)14-19(11,12)16-20(13,15-18)17-7-6-8-4-2-1-3-5-8/h1-7H/b7-6+. The van der Waals surface area contributed by atoms with Gasteiger partial charge in [0, 0.05) is 0 Å². The summed E-state index contributed by atoms with van der Waals surface area (Å²) in [4.78, 5) is 0. The summed E-state index contributed by atoms with van der Waals surface area (Å²) in [5.74, 6) is 0. The molecule has 4 nitrogen and oxygen atoms in total. The maximum absolute atomic E-state index is 13.8. The summed E-state index contributed by atoms with van der Waals surface area (Å²) in [7, 11) is -16.5. The van der Waals surface area contributed by atoms with Gasteiger partial charge in [0.05, 0.1) is 6.26 Å². The Morgan fingerprint density at radius 2 is 1.45 bits per heavy atom. The van der Waals surface area contributed by atoms with E-state index in [0.29, 0.717) is 11.8 Å². The monoisotopic (exact) mass is 349 g/mol. The molecule has 1 unspecified atom stereocenters. The fourth-order valence-electron chi connectivity index (χ4n) is 1.24. The molecular formula is C8H7F5N3OP3.